The van der Waals surface area contributed by atoms with E-state index in [1.54, 1.807) is 24.3 Å². The molecule has 1 atom stereocenters. The number of benzene rings is 1. The van der Waals surface area contributed by atoms with Gasteiger partial charge in [0.15, 0.2) is 5.78 Å². The van der Waals surface area contributed by atoms with Crippen molar-refractivity contribution in [3.63, 3.8) is 0 Å². The van der Waals surface area contributed by atoms with Crippen LogP contribution >= 0.6 is 0 Å². The lowest BCUT2D eigenvalue weighted by molar-refractivity contribution is -0.120. The van der Waals surface area contributed by atoms with Gasteiger partial charge in [0.25, 0.3) is 0 Å². The van der Waals surface area contributed by atoms with Crippen molar-refractivity contribution in [3.05, 3.63) is 29.8 Å². The smallest absolute Gasteiger partial charge is 0.243 e. The van der Waals surface area contributed by atoms with Gasteiger partial charge in [0.1, 0.15) is 6.04 Å². The van der Waals surface area contributed by atoms with Crippen LogP contribution in [-0.2, 0) is 9.53 Å². The van der Waals surface area contributed by atoms with Gasteiger partial charge in [-0.25, -0.2) is 0 Å². The van der Waals surface area contributed by atoms with Crippen molar-refractivity contribution in [2.45, 2.75) is 13.0 Å². The Balaban J connectivity index is 2.02. The zero-order valence-corrected chi connectivity index (χ0v) is 10.2. The summed E-state index contributed by atoms with van der Waals surface area (Å²) in [7, 11) is 0. The zero-order chi connectivity index (χ0) is 13.0. The molecule has 96 valence electrons. The molecule has 18 heavy (non-hydrogen) atoms. The lowest BCUT2D eigenvalue weighted by atomic mass is 10.1. The summed E-state index contributed by atoms with van der Waals surface area (Å²) in [6.07, 6.45) is 0. The van der Waals surface area contributed by atoms with Gasteiger partial charge in [-0.05, 0) is 19.1 Å². The monoisotopic (exact) mass is 248 g/mol. The van der Waals surface area contributed by atoms with E-state index in [0.29, 0.717) is 31.0 Å². The second-order valence-corrected chi connectivity index (χ2v) is 4.21. The first kappa shape index (κ1) is 12.7. The molecule has 5 heteroatoms. The molecule has 0 aliphatic carbocycles. The molecule has 1 heterocycles. The van der Waals surface area contributed by atoms with Crippen LogP contribution in [0.1, 0.15) is 17.3 Å². The molecule has 1 aromatic carbocycles. The van der Waals surface area contributed by atoms with Gasteiger partial charge in [-0.15, -0.1) is 0 Å². The third-order valence-corrected chi connectivity index (χ3v) is 2.77. The summed E-state index contributed by atoms with van der Waals surface area (Å²) in [6, 6.07) is 6.56. The Morgan fingerprint density at radius 1 is 1.44 bits per heavy atom. The molecule has 0 spiro atoms. The minimum Gasteiger partial charge on any atom is -0.378 e. The standard InChI is InChI=1S/C13H16N2O3/c1-9(16)10-3-2-4-11(7-10)15-13(17)12-8-18-6-5-14-12/h2-4,7,12,14H,5-6,8H2,1H3,(H,15,17). The Kier molecular flexibility index (Phi) is 4.07. The van der Waals surface area contributed by atoms with Crippen molar-refractivity contribution in [2.24, 2.45) is 0 Å². The van der Waals surface area contributed by atoms with Crippen molar-refractivity contribution in [2.75, 3.05) is 25.1 Å². The Labute approximate surface area is 106 Å². The van der Waals surface area contributed by atoms with Gasteiger partial charge in [0, 0.05) is 17.8 Å². The highest BCUT2D eigenvalue weighted by Crippen LogP contribution is 2.11. The van der Waals surface area contributed by atoms with Gasteiger partial charge in [-0.2, -0.15) is 0 Å². The SMILES string of the molecule is CC(=O)c1cccc(NC(=O)C2COCCN2)c1. The molecule has 1 aromatic rings. The molecule has 0 aromatic heterocycles. The van der Waals surface area contributed by atoms with Crippen molar-refractivity contribution in [3.8, 4) is 0 Å². The number of morpholine rings is 1. The summed E-state index contributed by atoms with van der Waals surface area (Å²) < 4.78 is 5.23. The third-order valence-electron chi connectivity index (χ3n) is 2.77. The quantitative estimate of drug-likeness (QED) is 0.777. The van der Waals surface area contributed by atoms with Crippen LogP contribution in [-0.4, -0.2) is 37.5 Å². The number of anilines is 1. The number of ketones is 1. The van der Waals surface area contributed by atoms with Crippen LogP contribution in [0, 0.1) is 0 Å². The van der Waals surface area contributed by atoms with E-state index >= 15 is 0 Å². The van der Waals surface area contributed by atoms with E-state index in [2.05, 4.69) is 10.6 Å². The maximum absolute atomic E-state index is 11.9. The number of amides is 1. The fourth-order valence-electron chi connectivity index (χ4n) is 1.78. The van der Waals surface area contributed by atoms with Gasteiger partial charge in [0.2, 0.25) is 5.91 Å². The number of carbonyl (C=O) groups excluding carboxylic acids is 2. The predicted octanol–water partition coefficient (Wildman–Crippen LogP) is 0.816. The molecule has 2 N–H and O–H groups in total. The maximum Gasteiger partial charge on any atom is 0.243 e. The Morgan fingerprint density at radius 2 is 2.28 bits per heavy atom. The van der Waals surface area contributed by atoms with Gasteiger partial charge >= 0.3 is 0 Å². The topological polar surface area (TPSA) is 67.4 Å². The van der Waals surface area contributed by atoms with E-state index in [-0.39, 0.29) is 17.7 Å². The van der Waals surface area contributed by atoms with E-state index in [0.717, 1.165) is 0 Å². The Morgan fingerprint density at radius 3 is 2.94 bits per heavy atom. The third kappa shape index (κ3) is 3.15. The van der Waals surface area contributed by atoms with Crippen LogP contribution in [0.3, 0.4) is 0 Å². The second kappa shape index (κ2) is 5.75. The van der Waals surface area contributed by atoms with E-state index in [1.807, 2.05) is 0 Å². The molecule has 1 saturated heterocycles. The Bertz CT molecular complexity index is 453. The fourth-order valence-corrected chi connectivity index (χ4v) is 1.78. The maximum atomic E-state index is 11.9. The highest BCUT2D eigenvalue weighted by molar-refractivity contribution is 5.98. The average Bonchev–Trinajstić information content (AvgIpc) is 2.40. The molecule has 0 bridgehead atoms. The summed E-state index contributed by atoms with van der Waals surface area (Å²) in [5.41, 5.74) is 1.21. The summed E-state index contributed by atoms with van der Waals surface area (Å²) in [6.45, 7) is 3.17. The number of rotatable bonds is 3. The van der Waals surface area contributed by atoms with E-state index < -0.39 is 0 Å². The minimum atomic E-state index is -0.334. The number of carbonyl (C=O) groups is 2. The van der Waals surface area contributed by atoms with Crippen molar-refractivity contribution in [1.82, 2.24) is 5.32 Å². The van der Waals surface area contributed by atoms with E-state index in [4.69, 9.17) is 4.74 Å². The van der Waals surface area contributed by atoms with Crippen LogP contribution in [0.15, 0.2) is 24.3 Å². The highest BCUT2D eigenvalue weighted by Gasteiger charge is 2.21. The molecule has 0 radical (unpaired) electrons. The molecule has 1 amide bonds. The van der Waals surface area contributed by atoms with Gasteiger partial charge in [-0.3, -0.25) is 9.59 Å². The van der Waals surface area contributed by atoms with Gasteiger partial charge < -0.3 is 15.4 Å². The second-order valence-electron chi connectivity index (χ2n) is 4.21. The molecule has 0 saturated carbocycles. The molecular weight excluding hydrogens is 232 g/mol. The molecular formula is C13H16N2O3. The number of Topliss-reactive ketones (excluding diaryl/α,β-unsaturated/α-hetero) is 1. The number of nitrogens with one attached hydrogen (secondary N) is 2. The number of ether oxygens (including phenoxy) is 1. The van der Waals surface area contributed by atoms with E-state index in [1.165, 1.54) is 6.92 Å². The average molecular weight is 248 g/mol. The largest absolute Gasteiger partial charge is 0.378 e. The van der Waals surface area contributed by atoms with Gasteiger partial charge in [0.05, 0.1) is 13.2 Å². The molecule has 1 aliphatic rings. The van der Waals surface area contributed by atoms with Crippen LogP contribution in [0.4, 0.5) is 5.69 Å². The van der Waals surface area contributed by atoms with Crippen molar-refractivity contribution < 1.29 is 14.3 Å². The Hall–Kier alpha value is -1.72. The van der Waals surface area contributed by atoms with Gasteiger partial charge in [-0.1, -0.05) is 12.1 Å². The summed E-state index contributed by atoms with van der Waals surface area (Å²) in [4.78, 5) is 23.2. The molecule has 1 aliphatic heterocycles. The highest BCUT2D eigenvalue weighted by atomic mass is 16.5. The molecule has 2 rings (SSSR count). The minimum absolute atomic E-state index is 0.0229. The summed E-state index contributed by atoms with van der Waals surface area (Å²) in [5, 5.41) is 5.85. The first-order valence-electron chi connectivity index (χ1n) is 5.90. The molecule has 1 fully saturated rings. The van der Waals surface area contributed by atoms with Crippen LogP contribution < -0.4 is 10.6 Å². The molecule has 1 unspecified atom stereocenters. The number of hydrogen-bond donors (Lipinski definition) is 2. The van der Waals surface area contributed by atoms with Crippen molar-refractivity contribution >= 4 is 17.4 Å². The van der Waals surface area contributed by atoms with E-state index in [9.17, 15) is 9.59 Å². The number of hydrogen-bond acceptors (Lipinski definition) is 4. The molecule has 5 nitrogen and oxygen atoms in total. The lowest BCUT2D eigenvalue weighted by Crippen LogP contribution is -2.48. The van der Waals surface area contributed by atoms with Crippen molar-refractivity contribution in [1.29, 1.82) is 0 Å². The first-order chi connectivity index (χ1) is 8.66. The van der Waals surface area contributed by atoms with Crippen LogP contribution in [0.25, 0.3) is 0 Å². The van der Waals surface area contributed by atoms with Crippen LogP contribution in [0.5, 0.6) is 0 Å². The normalized spacial score (nSPS) is 19.3. The first-order valence-corrected chi connectivity index (χ1v) is 5.90. The van der Waals surface area contributed by atoms with Crippen LogP contribution in [0.2, 0.25) is 0 Å². The predicted molar refractivity (Wildman–Crippen MR) is 67.7 cm³/mol. The summed E-state index contributed by atoms with van der Waals surface area (Å²) in [5.74, 6) is -0.166. The lowest BCUT2D eigenvalue weighted by Gasteiger charge is -2.22. The zero-order valence-electron chi connectivity index (χ0n) is 10.2. The summed E-state index contributed by atoms with van der Waals surface area (Å²) >= 11 is 0. The fraction of sp³-hybridized carbons (Fsp3) is 0.385.